The molecule has 0 atom stereocenters. The zero-order valence-electron chi connectivity index (χ0n) is 8.17. The second-order valence-electron chi connectivity index (χ2n) is 2.74. The summed E-state index contributed by atoms with van der Waals surface area (Å²) in [6.45, 7) is -3.11. The number of methoxy groups -OCH3 is 1. The van der Waals surface area contributed by atoms with Crippen LogP contribution in [0.3, 0.4) is 0 Å². The third kappa shape index (κ3) is 2.56. The van der Waals surface area contributed by atoms with Crippen LogP contribution in [0.25, 0.3) is 0 Å². The summed E-state index contributed by atoms with van der Waals surface area (Å²) < 4.78 is 45.3. The fourth-order valence-electron chi connectivity index (χ4n) is 1.03. The topological polar surface area (TPSA) is 61.5 Å². The molecule has 1 rings (SSSR count). The van der Waals surface area contributed by atoms with Gasteiger partial charge in [0.25, 0.3) is 0 Å². The highest BCUT2D eigenvalue weighted by atomic mass is 19.3. The van der Waals surface area contributed by atoms with E-state index in [1.54, 1.807) is 0 Å². The number of carbonyl (C=O) groups is 1. The van der Waals surface area contributed by atoms with Crippen LogP contribution in [0.1, 0.15) is 10.4 Å². The fourth-order valence-corrected chi connectivity index (χ4v) is 1.03. The lowest BCUT2D eigenvalue weighted by Crippen LogP contribution is -2.09. The number of carbonyl (C=O) groups excluding carboxylic acids is 1. The lowest BCUT2D eigenvalue weighted by atomic mass is 10.2. The van der Waals surface area contributed by atoms with Crippen LogP contribution in [-0.2, 0) is 4.74 Å². The van der Waals surface area contributed by atoms with Crippen LogP contribution in [0.15, 0.2) is 12.1 Å². The van der Waals surface area contributed by atoms with E-state index in [0.717, 1.165) is 13.2 Å². The lowest BCUT2D eigenvalue weighted by molar-refractivity contribution is -0.0494. The van der Waals surface area contributed by atoms with Gasteiger partial charge in [0.2, 0.25) is 0 Å². The van der Waals surface area contributed by atoms with Gasteiger partial charge in [-0.3, -0.25) is 0 Å². The number of nitrogens with two attached hydrogens (primary N) is 1. The molecule has 7 heteroatoms. The van der Waals surface area contributed by atoms with Gasteiger partial charge >= 0.3 is 12.6 Å². The van der Waals surface area contributed by atoms with E-state index in [4.69, 9.17) is 5.73 Å². The van der Waals surface area contributed by atoms with Gasteiger partial charge in [-0.15, -0.1) is 0 Å². The second kappa shape index (κ2) is 4.73. The van der Waals surface area contributed by atoms with Crippen LogP contribution < -0.4 is 10.5 Å². The number of esters is 1. The molecule has 0 aliphatic carbocycles. The third-order valence-corrected chi connectivity index (χ3v) is 1.72. The molecule has 1 aromatic rings. The van der Waals surface area contributed by atoms with Crippen molar-refractivity contribution in [1.82, 2.24) is 0 Å². The first-order valence-electron chi connectivity index (χ1n) is 4.08. The van der Waals surface area contributed by atoms with Gasteiger partial charge in [-0.25, -0.2) is 9.18 Å². The van der Waals surface area contributed by atoms with Crippen LogP contribution in [0.2, 0.25) is 0 Å². The highest BCUT2D eigenvalue weighted by molar-refractivity contribution is 5.91. The fraction of sp³-hybridized carbons (Fsp3) is 0.222. The molecular weight excluding hydrogens is 227 g/mol. The Kier molecular flexibility index (Phi) is 3.60. The molecule has 0 fully saturated rings. The number of hydrogen-bond donors (Lipinski definition) is 1. The average Bonchev–Trinajstić information content (AvgIpc) is 2.20. The Morgan fingerprint density at radius 2 is 2.06 bits per heavy atom. The molecule has 16 heavy (non-hydrogen) atoms. The molecule has 0 amide bonds. The van der Waals surface area contributed by atoms with E-state index in [0.29, 0.717) is 6.07 Å². The Labute approximate surface area is 88.8 Å². The summed E-state index contributed by atoms with van der Waals surface area (Å²) in [5, 5.41) is 0. The summed E-state index contributed by atoms with van der Waals surface area (Å²) in [5.41, 5.74) is 4.38. The largest absolute Gasteiger partial charge is 0.465 e. The van der Waals surface area contributed by atoms with Gasteiger partial charge < -0.3 is 15.2 Å². The average molecular weight is 235 g/mol. The van der Waals surface area contributed by atoms with Gasteiger partial charge in [0.05, 0.1) is 18.4 Å². The summed E-state index contributed by atoms with van der Waals surface area (Å²) >= 11 is 0. The van der Waals surface area contributed by atoms with Crippen molar-refractivity contribution >= 4 is 11.7 Å². The standard InChI is InChI=1S/C9H8F3NO3/c1-15-8(14)4-2-7(16-9(11)12)6(13)3-5(4)10/h2-3,9H,13H2,1H3. The molecule has 0 spiro atoms. The number of benzene rings is 1. The first-order chi connectivity index (χ1) is 7.45. The maximum atomic E-state index is 13.2. The van der Waals surface area contributed by atoms with Gasteiger partial charge in [-0.2, -0.15) is 8.78 Å². The second-order valence-corrected chi connectivity index (χ2v) is 2.74. The molecule has 1 aromatic carbocycles. The predicted octanol–water partition coefficient (Wildman–Crippen LogP) is 1.80. The minimum absolute atomic E-state index is 0.328. The molecule has 0 aliphatic heterocycles. The van der Waals surface area contributed by atoms with Crippen molar-refractivity contribution in [2.75, 3.05) is 12.8 Å². The molecule has 0 aromatic heterocycles. The number of nitrogen functional groups attached to an aromatic ring is 1. The minimum atomic E-state index is -3.11. The van der Waals surface area contributed by atoms with Gasteiger partial charge in [0.15, 0.2) is 0 Å². The van der Waals surface area contributed by atoms with Crippen LogP contribution >= 0.6 is 0 Å². The Hall–Kier alpha value is -1.92. The molecule has 0 bridgehead atoms. The molecular formula is C9H8F3NO3. The smallest absolute Gasteiger partial charge is 0.387 e. The van der Waals surface area contributed by atoms with Crippen molar-refractivity contribution in [1.29, 1.82) is 0 Å². The van der Waals surface area contributed by atoms with Gasteiger partial charge in [-0.1, -0.05) is 0 Å². The molecule has 4 nitrogen and oxygen atoms in total. The van der Waals surface area contributed by atoms with Crippen molar-refractivity contribution in [3.05, 3.63) is 23.5 Å². The summed E-state index contributed by atoms with van der Waals surface area (Å²) in [7, 11) is 1.03. The molecule has 0 heterocycles. The Morgan fingerprint density at radius 1 is 1.44 bits per heavy atom. The number of rotatable bonds is 3. The first kappa shape index (κ1) is 12.2. The summed E-state index contributed by atoms with van der Waals surface area (Å²) in [6.07, 6.45) is 0. The van der Waals surface area contributed by atoms with E-state index < -0.39 is 29.7 Å². The van der Waals surface area contributed by atoms with Crippen LogP contribution in [0.4, 0.5) is 18.9 Å². The molecule has 2 N–H and O–H groups in total. The van der Waals surface area contributed by atoms with Crippen LogP contribution in [0, 0.1) is 5.82 Å². The summed E-state index contributed by atoms with van der Waals surface area (Å²) in [4.78, 5) is 11.0. The highest BCUT2D eigenvalue weighted by Crippen LogP contribution is 2.27. The number of alkyl halides is 2. The molecule has 0 saturated carbocycles. The van der Waals surface area contributed by atoms with Crippen molar-refractivity contribution in [3.63, 3.8) is 0 Å². The normalized spacial score (nSPS) is 10.3. The Bertz CT molecular complexity index is 409. The first-order valence-corrected chi connectivity index (χ1v) is 4.08. The quantitative estimate of drug-likeness (QED) is 0.641. The number of ether oxygens (including phenoxy) is 2. The van der Waals surface area contributed by atoms with Crippen molar-refractivity contribution in [2.45, 2.75) is 6.61 Å². The summed E-state index contributed by atoms with van der Waals surface area (Å²) in [5.74, 6) is -2.45. The SMILES string of the molecule is COC(=O)c1cc(OC(F)F)c(N)cc1F. The third-order valence-electron chi connectivity index (χ3n) is 1.72. The molecule has 0 unspecified atom stereocenters. The summed E-state index contributed by atoms with van der Waals surface area (Å²) in [6, 6.07) is 1.48. The molecule has 0 aliphatic rings. The maximum Gasteiger partial charge on any atom is 0.387 e. The minimum Gasteiger partial charge on any atom is -0.465 e. The van der Waals surface area contributed by atoms with Crippen molar-refractivity contribution in [2.24, 2.45) is 0 Å². The molecule has 88 valence electrons. The van der Waals surface area contributed by atoms with Crippen molar-refractivity contribution < 1.29 is 27.4 Å². The van der Waals surface area contributed by atoms with Gasteiger partial charge in [0, 0.05) is 12.1 Å². The van der Waals surface area contributed by atoms with E-state index in [1.807, 2.05) is 0 Å². The van der Waals surface area contributed by atoms with Crippen molar-refractivity contribution in [3.8, 4) is 5.75 Å². The van der Waals surface area contributed by atoms with E-state index in [1.165, 1.54) is 0 Å². The molecule has 0 saturated heterocycles. The Morgan fingerprint density at radius 3 is 2.56 bits per heavy atom. The number of halogens is 3. The lowest BCUT2D eigenvalue weighted by Gasteiger charge is -2.09. The molecule has 0 radical (unpaired) electrons. The van der Waals surface area contributed by atoms with Gasteiger partial charge in [0.1, 0.15) is 11.6 Å². The predicted molar refractivity (Wildman–Crippen MR) is 48.8 cm³/mol. The number of hydrogen-bond acceptors (Lipinski definition) is 4. The van der Waals surface area contributed by atoms with E-state index >= 15 is 0 Å². The van der Waals surface area contributed by atoms with E-state index in [2.05, 4.69) is 9.47 Å². The van der Waals surface area contributed by atoms with Crippen LogP contribution in [0.5, 0.6) is 5.75 Å². The van der Waals surface area contributed by atoms with Crippen LogP contribution in [-0.4, -0.2) is 19.7 Å². The maximum absolute atomic E-state index is 13.2. The number of anilines is 1. The monoisotopic (exact) mass is 235 g/mol. The van der Waals surface area contributed by atoms with Gasteiger partial charge in [-0.05, 0) is 0 Å². The Balaban J connectivity index is 3.16. The zero-order chi connectivity index (χ0) is 12.3. The van der Waals surface area contributed by atoms with E-state index in [9.17, 15) is 18.0 Å². The highest BCUT2D eigenvalue weighted by Gasteiger charge is 2.17. The van der Waals surface area contributed by atoms with E-state index in [-0.39, 0.29) is 5.69 Å². The zero-order valence-corrected chi connectivity index (χ0v) is 8.17.